The minimum Gasteiger partial charge on any atom is -0.385 e. The molecule has 0 unspecified atom stereocenters. The van der Waals surface area contributed by atoms with Gasteiger partial charge in [-0.05, 0) is 43.5 Å². The molecule has 1 aromatic rings. The van der Waals surface area contributed by atoms with Crippen LogP contribution in [0.1, 0.15) is 51.2 Å². The van der Waals surface area contributed by atoms with Crippen LogP contribution in [0.5, 0.6) is 0 Å². The van der Waals surface area contributed by atoms with E-state index in [4.69, 9.17) is 0 Å². The van der Waals surface area contributed by atoms with Gasteiger partial charge in [0, 0.05) is 10.5 Å². The maximum atomic E-state index is 11.0. The van der Waals surface area contributed by atoms with Gasteiger partial charge in [0.2, 0.25) is 0 Å². The number of piperidine rings is 1. The third-order valence-electron chi connectivity index (χ3n) is 4.42. The van der Waals surface area contributed by atoms with Crippen LogP contribution in [0.3, 0.4) is 0 Å². The molecule has 1 fully saturated rings. The summed E-state index contributed by atoms with van der Waals surface area (Å²) < 4.78 is 0.295. The number of rotatable bonds is 5. The highest BCUT2D eigenvalue weighted by atomic mass is 32.2. The van der Waals surface area contributed by atoms with Crippen molar-refractivity contribution < 1.29 is 5.11 Å². The number of nitrogens with one attached hydrogen (secondary N) is 1. The number of benzene rings is 1. The molecule has 1 aliphatic heterocycles. The summed E-state index contributed by atoms with van der Waals surface area (Å²) in [7, 11) is 0. The fourth-order valence-corrected chi connectivity index (χ4v) is 3.59. The van der Waals surface area contributed by atoms with E-state index in [9.17, 15) is 5.11 Å². The summed E-state index contributed by atoms with van der Waals surface area (Å²) in [6, 6.07) is 8.42. The zero-order valence-corrected chi connectivity index (χ0v) is 13.7. The molecule has 0 atom stereocenters. The Morgan fingerprint density at radius 1 is 1.25 bits per heavy atom. The molecule has 1 aliphatic rings. The van der Waals surface area contributed by atoms with Crippen molar-refractivity contribution in [2.24, 2.45) is 0 Å². The van der Waals surface area contributed by atoms with Crippen LogP contribution in [0.4, 0.5) is 0 Å². The summed E-state index contributed by atoms with van der Waals surface area (Å²) in [6.07, 6.45) is 2.78. The Labute approximate surface area is 127 Å². The second-order valence-electron chi connectivity index (χ2n) is 6.34. The fourth-order valence-electron chi connectivity index (χ4n) is 2.59. The maximum Gasteiger partial charge on any atom is 0.0923 e. The Morgan fingerprint density at radius 3 is 2.55 bits per heavy atom. The third kappa shape index (κ3) is 3.78. The van der Waals surface area contributed by atoms with Crippen LogP contribution < -0.4 is 5.32 Å². The van der Waals surface area contributed by atoms with Crippen LogP contribution in [0.2, 0.25) is 0 Å². The maximum absolute atomic E-state index is 11.0. The van der Waals surface area contributed by atoms with Crippen molar-refractivity contribution >= 4 is 11.8 Å². The molecule has 0 amide bonds. The standard InChI is InChI=1S/C17H27NOS/c1-4-16(2,3)20-13-14-7-5-6-8-15(14)17(19)9-11-18-12-10-17/h5-8,18-19H,4,9-13H2,1-3H3. The van der Waals surface area contributed by atoms with Crippen molar-refractivity contribution in [2.75, 3.05) is 13.1 Å². The van der Waals surface area contributed by atoms with Crippen LogP contribution in [0.25, 0.3) is 0 Å². The Bertz CT molecular complexity index is 438. The highest BCUT2D eigenvalue weighted by Gasteiger charge is 2.33. The molecule has 0 spiro atoms. The average molecular weight is 293 g/mol. The lowest BCUT2D eigenvalue weighted by molar-refractivity contribution is 0.00533. The molecule has 0 saturated carbocycles. The van der Waals surface area contributed by atoms with E-state index in [-0.39, 0.29) is 0 Å². The molecule has 1 heterocycles. The normalized spacial score (nSPS) is 19.0. The monoisotopic (exact) mass is 293 g/mol. The Kier molecular flexibility index (Phi) is 5.16. The van der Waals surface area contributed by atoms with Gasteiger partial charge in [-0.1, -0.05) is 45.0 Å². The molecule has 3 heteroatoms. The molecule has 20 heavy (non-hydrogen) atoms. The Hall–Kier alpha value is -0.510. The van der Waals surface area contributed by atoms with Crippen molar-refractivity contribution in [1.82, 2.24) is 5.32 Å². The van der Waals surface area contributed by atoms with Crippen LogP contribution in [-0.2, 0) is 11.4 Å². The number of thioether (sulfide) groups is 1. The second-order valence-corrected chi connectivity index (χ2v) is 8.02. The molecular formula is C17H27NOS. The summed E-state index contributed by atoms with van der Waals surface area (Å²) in [4.78, 5) is 0. The lowest BCUT2D eigenvalue weighted by atomic mass is 9.83. The summed E-state index contributed by atoms with van der Waals surface area (Å²) in [5.74, 6) is 0.979. The smallest absolute Gasteiger partial charge is 0.0923 e. The lowest BCUT2D eigenvalue weighted by Gasteiger charge is -2.35. The van der Waals surface area contributed by atoms with Gasteiger partial charge in [-0.3, -0.25) is 0 Å². The zero-order valence-electron chi connectivity index (χ0n) is 12.9. The van der Waals surface area contributed by atoms with Gasteiger partial charge < -0.3 is 10.4 Å². The summed E-state index contributed by atoms with van der Waals surface area (Å²) in [5, 5.41) is 14.3. The van der Waals surface area contributed by atoms with Gasteiger partial charge in [-0.15, -0.1) is 0 Å². The van der Waals surface area contributed by atoms with Gasteiger partial charge >= 0.3 is 0 Å². The quantitative estimate of drug-likeness (QED) is 0.868. The van der Waals surface area contributed by atoms with Gasteiger partial charge in [-0.25, -0.2) is 0 Å². The first-order chi connectivity index (χ1) is 9.47. The topological polar surface area (TPSA) is 32.3 Å². The van der Waals surface area contributed by atoms with Crippen LogP contribution in [0.15, 0.2) is 24.3 Å². The molecule has 1 aromatic carbocycles. The first-order valence-corrected chi connectivity index (χ1v) is 8.61. The molecule has 2 N–H and O–H groups in total. The SMILES string of the molecule is CCC(C)(C)SCc1ccccc1C1(O)CCNCC1. The number of hydrogen-bond donors (Lipinski definition) is 2. The van der Waals surface area contributed by atoms with Gasteiger partial charge in [0.15, 0.2) is 0 Å². The van der Waals surface area contributed by atoms with E-state index >= 15 is 0 Å². The van der Waals surface area contributed by atoms with Crippen LogP contribution >= 0.6 is 11.8 Å². The summed E-state index contributed by atoms with van der Waals surface area (Å²) in [6.45, 7) is 8.62. The molecule has 1 saturated heterocycles. The molecule has 0 aromatic heterocycles. The number of hydrogen-bond acceptors (Lipinski definition) is 3. The predicted molar refractivity (Wildman–Crippen MR) is 88.1 cm³/mol. The fraction of sp³-hybridized carbons (Fsp3) is 0.647. The third-order valence-corrected chi connectivity index (χ3v) is 5.94. The first-order valence-electron chi connectivity index (χ1n) is 7.62. The Balaban J connectivity index is 2.17. The molecule has 2 nitrogen and oxygen atoms in total. The minimum absolute atomic E-state index is 0.295. The molecule has 0 radical (unpaired) electrons. The van der Waals surface area contributed by atoms with E-state index < -0.39 is 5.60 Å². The van der Waals surface area contributed by atoms with Gasteiger partial charge in [0.25, 0.3) is 0 Å². The Morgan fingerprint density at radius 2 is 1.90 bits per heavy atom. The minimum atomic E-state index is -0.640. The van der Waals surface area contributed by atoms with Crippen molar-refractivity contribution in [2.45, 2.75) is 56.1 Å². The molecular weight excluding hydrogens is 266 g/mol. The highest BCUT2D eigenvalue weighted by Crippen LogP contribution is 2.37. The van der Waals surface area contributed by atoms with Gasteiger partial charge in [0.05, 0.1) is 5.60 Å². The van der Waals surface area contributed by atoms with E-state index in [1.54, 1.807) is 0 Å². The first kappa shape index (κ1) is 15.9. The predicted octanol–water partition coefficient (Wildman–Crippen LogP) is 3.68. The molecule has 0 bridgehead atoms. The second kappa shape index (κ2) is 6.50. The lowest BCUT2D eigenvalue weighted by Crippen LogP contribution is -2.40. The molecule has 0 aliphatic carbocycles. The summed E-state index contributed by atoms with van der Waals surface area (Å²) in [5.41, 5.74) is 1.79. The van der Waals surface area contributed by atoms with Crippen molar-refractivity contribution in [1.29, 1.82) is 0 Å². The van der Waals surface area contributed by atoms with E-state index in [1.807, 2.05) is 11.8 Å². The van der Waals surface area contributed by atoms with Crippen molar-refractivity contribution in [3.8, 4) is 0 Å². The zero-order chi connectivity index (χ0) is 14.6. The average Bonchev–Trinajstić information content (AvgIpc) is 2.46. The van der Waals surface area contributed by atoms with E-state index in [0.29, 0.717) is 4.75 Å². The molecule has 112 valence electrons. The van der Waals surface area contributed by atoms with E-state index in [0.717, 1.165) is 43.7 Å². The van der Waals surface area contributed by atoms with Crippen molar-refractivity contribution in [3.63, 3.8) is 0 Å². The number of aliphatic hydroxyl groups is 1. The van der Waals surface area contributed by atoms with Crippen molar-refractivity contribution in [3.05, 3.63) is 35.4 Å². The highest BCUT2D eigenvalue weighted by molar-refractivity contribution is 7.99. The van der Waals surface area contributed by atoms with Gasteiger partial charge in [-0.2, -0.15) is 11.8 Å². The van der Waals surface area contributed by atoms with E-state index in [2.05, 4.69) is 50.4 Å². The van der Waals surface area contributed by atoms with Crippen LogP contribution in [-0.4, -0.2) is 22.9 Å². The molecule has 2 rings (SSSR count). The largest absolute Gasteiger partial charge is 0.385 e. The van der Waals surface area contributed by atoms with E-state index in [1.165, 1.54) is 5.56 Å². The van der Waals surface area contributed by atoms with Gasteiger partial charge in [0.1, 0.15) is 0 Å². The van der Waals surface area contributed by atoms with Crippen LogP contribution in [0, 0.1) is 0 Å². The summed E-state index contributed by atoms with van der Waals surface area (Å²) >= 11 is 1.98.